The van der Waals surface area contributed by atoms with Crippen LogP contribution in [0, 0.1) is 0 Å². The quantitative estimate of drug-likeness (QED) is 0.464. The summed E-state index contributed by atoms with van der Waals surface area (Å²) in [6.07, 6.45) is -1.51. The minimum absolute atomic E-state index is 0.0616. The Bertz CT molecular complexity index is 1260. The molecule has 3 aromatic rings. The number of nitrogens with zero attached hydrogens (tertiary/aromatic N) is 6. The predicted octanol–water partition coefficient (Wildman–Crippen LogP) is 5.32. The van der Waals surface area contributed by atoms with Crippen LogP contribution in [0.25, 0.3) is 16.9 Å². The summed E-state index contributed by atoms with van der Waals surface area (Å²) in [5.74, 6) is 0.352. The molecule has 0 spiro atoms. The molecule has 0 N–H and O–H groups in total. The van der Waals surface area contributed by atoms with Gasteiger partial charge in [0.1, 0.15) is 23.6 Å². The monoisotopic (exact) mass is 510 g/mol. The molecule has 0 aliphatic carbocycles. The SMILES string of the molecule is CC1CN(c2ncnc3c2c(C(F)(F)F)cn3-c2cc(Cl)ccn2)C(C)CN1C(=O)OC(C)(C)C. The molecule has 1 saturated heterocycles. The maximum absolute atomic E-state index is 14.2. The Balaban J connectivity index is 1.78. The first kappa shape index (κ1) is 25.0. The van der Waals surface area contributed by atoms with Crippen molar-refractivity contribution < 1.29 is 22.7 Å². The molecule has 3 aromatic heterocycles. The number of hydrogen-bond acceptors (Lipinski definition) is 6. The van der Waals surface area contributed by atoms with Gasteiger partial charge in [-0.2, -0.15) is 13.2 Å². The fraction of sp³-hybridized carbons (Fsp3) is 0.478. The van der Waals surface area contributed by atoms with Crippen LogP contribution in [0.5, 0.6) is 0 Å². The van der Waals surface area contributed by atoms with Gasteiger partial charge in [-0.1, -0.05) is 11.6 Å². The number of anilines is 1. The third kappa shape index (κ3) is 5.00. The van der Waals surface area contributed by atoms with E-state index in [4.69, 9.17) is 16.3 Å². The van der Waals surface area contributed by atoms with Crippen molar-refractivity contribution in [1.29, 1.82) is 0 Å². The smallest absolute Gasteiger partial charge is 0.418 e. The molecule has 0 saturated carbocycles. The fourth-order valence-corrected chi connectivity index (χ4v) is 4.33. The second-order valence-electron chi connectivity index (χ2n) is 9.62. The van der Waals surface area contributed by atoms with E-state index in [0.29, 0.717) is 5.02 Å². The Morgan fingerprint density at radius 1 is 1.11 bits per heavy atom. The van der Waals surface area contributed by atoms with Crippen LogP contribution in [0.15, 0.2) is 30.9 Å². The van der Waals surface area contributed by atoms with Crippen LogP contribution in [-0.4, -0.2) is 61.3 Å². The second kappa shape index (κ2) is 8.85. The molecule has 4 heterocycles. The van der Waals surface area contributed by atoms with Gasteiger partial charge in [0, 0.05) is 48.7 Å². The molecule has 188 valence electrons. The summed E-state index contributed by atoms with van der Waals surface area (Å²) in [4.78, 5) is 28.6. The standard InChI is InChI=1S/C23H26ClF3N6O2/c1-13-10-32(21(34)35-22(3,4)5)14(2)9-31(13)19-18-16(23(25,26)27)11-33(20(18)30-12-29-19)17-8-15(24)6-7-28-17/h6-8,11-14H,9-10H2,1-5H3. The molecule has 1 aliphatic rings. The van der Waals surface area contributed by atoms with Crippen LogP contribution < -0.4 is 4.90 Å². The molecule has 1 aliphatic heterocycles. The van der Waals surface area contributed by atoms with Gasteiger partial charge in [0.25, 0.3) is 0 Å². The van der Waals surface area contributed by atoms with Gasteiger partial charge in [0.05, 0.1) is 10.9 Å². The number of rotatable bonds is 2. The van der Waals surface area contributed by atoms with E-state index in [0.717, 1.165) is 6.20 Å². The largest absolute Gasteiger partial charge is 0.444 e. The van der Waals surface area contributed by atoms with E-state index in [-0.39, 0.29) is 47.8 Å². The number of alkyl halides is 3. The highest BCUT2D eigenvalue weighted by Gasteiger charge is 2.40. The van der Waals surface area contributed by atoms with E-state index >= 15 is 0 Å². The van der Waals surface area contributed by atoms with E-state index < -0.39 is 23.4 Å². The van der Waals surface area contributed by atoms with E-state index in [1.165, 1.54) is 29.2 Å². The average molecular weight is 511 g/mol. The van der Waals surface area contributed by atoms with Gasteiger partial charge >= 0.3 is 12.3 Å². The van der Waals surface area contributed by atoms with Crippen LogP contribution >= 0.6 is 11.6 Å². The molecule has 0 bridgehead atoms. The van der Waals surface area contributed by atoms with Crippen molar-refractivity contribution in [2.45, 2.75) is 58.5 Å². The van der Waals surface area contributed by atoms with Gasteiger partial charge in [-0.25, -0.2) is 19.7 Å². The van der Waals surface area contributed by atoms with Crippen molar-refractivity contribution in [2.24, 2.45) is 0 Å². The van der Waals surface area contributed by atoms with E-state index in [9.17, 15) is 18.0 Å². The van der Waals surface area contributed by atoms with E-state index in [1.807, 2.05) is 13.8 Å². The number of halogens is 4. The van der Waals surface area contributed by atoms with Crippen LogP contribution in [-0.2, 0) is 10.9 Å². The Labute approximate surface area is 205 Å². The highest BCUT2D eigenvalue weighted by molar-refractivity contribution is 6.30. The number of amides is 1. The number of aromatic nitrogens is 4. The average Bonchev–Trinajstić information content (AvgIpc) is 3.14. The number of pyridine rings is 1. The van der Waals surface area contributed by atoms with Crippen molar-refractivity contribution in [3.05, 3.63) is 41.4 Å². The number of carbonyl (C=O) groups is 1. The summed E-state index contributed by atoms with van der Waals surface area (Å²) in [6.45, 7) is 9.54. The molecule has 0 radical (unpaired) electrons. The first-order chi connectivity index (χ1) is 16.3. The number of carbonyl (C=O) groups excluding carboxylic acids is 1. The number of hydrogen-bond donors (Lipinski definition) is 0. The maximum atomic E-state index is 14.2. The number of fused-ring (bicyclic) bond motifs is 1. The van der Waals surface area contributed by atoms with Crippen molar-refractivity contribution in [3.63, 3.8) is 0 Å². The lowest BCUT2D eigenvalue weighted by atomic mass is 10.1. The van der Waals surface area contributed by atoms with Crippen molar-refractivity contribution in [3.8, 4) is 5.82 Å². The molecule has 4 rings (SSSR count). The lowest BCUT2D eigenvalue weighted by Gasteiger charge is -2.44. The Morgan fingerprint density at radius 3 is 2.46 bits per heavy atom. The maximum Gasteiger partial charge on any atom is 0.418 e. The molecule has 1 amide bonds. The van der Waals surface area contributed by atoms with Crippen LogP contribution in [0.3, 0.4) is 0 Å². The molecule has 1 fully saturated rings. The van der Waals surface area contributed by atoms with Crippen molar-refractivity contribution in [2.75, 3.05) is 18.0 Å². The predicted molar refractivity (Wildman–Crippen MR) is 126 cm³/mol. The summed E-state index contributed by atoms with van der Waals surface area (Å²) in [6, 6.07) is 2.35. The second-order valence-corrected chi connectivity index (χ2v) is 10.1. The zero-order valence-electron chi connectivity index (χ0n) is 20.0. The van der Waals surface area contributed by atoms with Crippen LogP contribution in [0.2, 0.25) is 5.02 Å². The highest BCUT2D eigenvalue weighted by atomic mass is 35.5. The van der Waals surface area contributed by atoms with Gasteiger partial charge < -0.3 is 14.5 Å². The summed E-state index contributed by atoms with van der Waals surface area (Å²) in [5.41, 5.74) is -1.47. The molecule has 35 heavy (non-hydrogen) atoms. The molecule has 2 unspecified atom stereocenters. The Hall–Kier alpha value is -3.08. The minimum Gasteiger partial charge on any atom is -0.444 e. The topological polar surface area (TPSA) is 76.4 Å². The van der Waals surface area contributed by atoms with Crippen LogP contribution in [0.4, 0.5) is 23.8 Å². The number of piperazine rings is 1. The lowest BCUT2D eigenvalue weighted by molar-refractivity contribution is -0.136. The van der Waals surface area contributed by atoms with Crippen molar-refractivity contribution in [1.82, 2.24) is 24.4 Å². The van der Waals surface area contributed by atoms with Gasteiger partial charge in [-0.3, -0.25) is 4.57 Å². The normalized spacial score (nSPS) is 19.3. The highest BCUT2D eigenvalue weighted by Crippen LogP contribution is 2.41. The summed E-state index contributed by atoms with van der Waals surface area (Å²) < 4.78 is 49.3. The third-order valence-corrected chi connectivity index (χ3v) is 5.94. The molecule has 2 atom stereocenters. The van der Waals surface area contributed by atoms with E-state index in [2.05, 4.69) is 15.0 Å². The van der Waals surface area contributed by atoms with E-state index in [1.54, 1.807) is 30.6 Å². The molecular formula is C23H26ClF3N6O2. The van der Waals surface area contributed by atoms with Gasteiger partial charge in [-0.05, 0) is 40.7 Å². The zero-order chi connectivity index (χ0) is 25.7. The fourth-order valence-electron chi connectivity index (χ4n) is 4.17. The summed E-state index contributed by atoms with van der Waals surface area (Å²) >= 11 is 6.05. The minimum atomic E-state index is -4.66. The summed E-state index contributed by atoms with van der Waals surface area (Å²) in [5, 5.41) is 0.201. The molecule has 12 heteroatoms. The van der Waals surface area contributed by atoms with Gasteiger partial charge in [0.2, 0.25) is 0 Å². The van der Waals surface area contributed by atoms with Gasteiger partial charge in [0.15, 0.2) is 5.65 Å². The molecular weight excluding hydrogens is 485 g/mol. The lowest BCUT2D eigenvalue weighted by Crippen LogP contribution is -2.59. The third-order valence-electron chi connectivity index (χ3n) is 5.71. The molecule has 0 aromatic carbocycles. The Morgan fingerprint density at radius 2 is 1.83 bits per heavy atom. The Kier molecular flexibility index (Phi) is 6.33. The first-order valence-electron chi connectivity index (χ1n) is 11.1. The summed E-state index contributed by atoms with van der Waals surface area (Å²) in [7, 11) is 0. The van der Waals surface area contributed by atoms with Crippen molar-refractivity contribution >= 4 is 34.5 Å². The number of ether oxygens (including phenoxy) is 1. The first-order valence-corrected chi connectivity index (χ1v) is 11.5. The van der Waals surface area contributed by atoms with Crippen LogP contribution in [0.1, 0.15) is 40.2 Å². The molecule has 8 nitrogen and oxygen atoms in total. The van der Waals surface area contributed by atoms with Gasteiger partial charge in [-0.15, -0.1) is 0 Å². The zero-order valence-corrected chi connectivity index (χ0v) is 20.7.